The molecule has 0 bridgehead atoms. The van der Waals surface area contributed by atoms with Gasteiger partial charge in [0.1, 0.15) is 0 Å². The van der Waals surface area contributed by atoms with Gasteiger partial charge >= 0.3 is 0 Å². The molecule has 2 aromatic carbocycles. The van der Waals surface area contributed by atoms with Crippen LogP contribution >= 0.6 is 0 Å². The molecule has 0 fully saturated rings. The average Bonchev–Trinajstić information content (AvgIpc) is 2.55. The monoisotopic (exact) mass is 300 g/mol. The molecule has 2 aromatic rings. The first-order valence-electron chi connectivity index (χ1n) is 8.25. The molecule has 0 aromatic heterocycles. The maximum absolute atomic E-state index is 3.84. The maximum atomic E-state index is 3.84. The second-order valence-electron chi connectivity index (χ2n) is 6.69. The summed E-state index contributed by atoms with van der Waals surface area (Å²) in [5.74, 6) is 0. The van der Waals surface area contributed by atoms with Gasteiger partial charge in [-0.3, -0.25) is 0 Å². The van der Waals surface area contributed by atoms with Crippen molar-refractivity contribution in [1.82, 2.24) is 0 Å². The second kappa shape index (κ2) is 6.04. The zero-order valence-corrected chi connectivity index (χ0v) is 14.3. The number of hydrogen-bond donors (Lipinski definition) is 0. The lowest BCUT2D eigenvalue weighted by Crippen LogP contribution is -2.27. The van der Waals surface area contributed by atoms with Crippen LogP contribution in [0.3, 0.4) is 0 Å². The Balaban J connectivity index is 2.15. The highest BCUT2D eigenvalue weighted by molar-refractivity contribution is 5.76. The Morgan fingerprint density at radius 2 is 1.78 bits per heavy atom. The molecule has 0 nitrogen and oxygen atoms in total. The van der Waals surface area contributed by atoms with Gasteiger partial charge in [-0.25, -0.2) is 0 Å². The molecule has 0 aliphatic heterocycles. The fourth-order valence-corrected chi connectivity index (χ4v) is 3.68. The van der Waals surface area contributed by atoms with E-state index in [1.165, 1.54) is 33.4 Å². The first-order chi connectivity index (χ1) is 11.1. The summed E-state index contributed by atoms with van der Waals surface area (Å²) in [6.07, 6.45) is 9.18. The zero-order chi connectivity index (χ0) is 16.4. The van der Waals surface area contributed by atoms with Crippen molar-refractivity contribution in [2.24, 2.45) is 0 Å². The van der Waals surface area contributed by atoms with Crippen molar-refractivity contribution in [1.29, 1.82) is 0 Å². The Hall–Kier alpha value is -2.34. The summed E-state index contributed by atoms with van der Waals surface area (Å²) in [4.78, 5) is 0. The molecule has 3 rings (SSSR count). The minimum absolute atomic E-state index is 0.0371. The van der Waals surface area contributed by atoms with Crippen molar-refractivity contribution >= 4 is 5.57 Å². The van der Waals surface area contributed by atoms with Gasteiger partial charge in [-0.1, -0.05) is 81.1 Å². The number of allylic oxidation sites excluding steroid dienone is 5. The van der Waals surface area contributed by atoms with Crippen LogP contribution in [-0.2, 0) is 11.8 Å². The van der Waals surface area contributed by atoms with Crippen molar-refractivity contribution in [3.8, 4) is 0 Å². The van der Waals surface area contributed by atoms with Crippen LogP contribution in [0.4, 0.5) is 0 Å². The normalized spacial score (nSPS) is 16.0. The molecule has 0 saturated heterocycles. The summed E-state index contributed by atoms with van der Waals surface area (Å²) in [6.45, 7) is 10.6. The van der Waals surface area contributed by atoms with Gasteiger partial charge in [0.2, 0.25) is 0 Å². The summed E-state index contributed by atoms with van der Waals surface area (Å²) in [5, 5.41) is 0. The molecule has 0 radical (unpaired) electrons. The Bertz CT molecular complexity index is 801. The number of fused-ring (bicyclic) bond motifs is 2. The van der Waals surface area contributed by atoms with Crippen molar-refractivity contribution < 1.29 is 0 Å². The predicted octanol–water partition coefficient (Wildman–Crippen LogP) is 6.06. The first kappa shape index (κ1) is 15.6. The highest BCUT2D eigenvalue weighted by Crippen LogP contribution is 2.42. The van der Waals surface area contributed by atoms with E-state index in [0.717, 1.165) is 6.42 Å². The van der Waals surface area contributed by atoms with Crippen molar-refractivity contribution in [3.63, 3.8) is 0 Å². The molecule has 0 heteroatoms. The minimum Gasteiger partial charge on any atom is -0.0990 e. The van der Waals surface area contributed by atoms with Gasteiger partial charge in [0.25, 0.3) is 0 Å². The van der Waals surface area contributed by atoms with Crippen LogP contribution in [-0.4, -0.2) is 0 Å². The Labute approximate surface area is 139 Å². The Morgan fingerprint density at radius 3 is 2.52 bits per heavy atom. The molecule has 1 aliphatic rings. The van der Waals surface area contributed by atoms with Gasteiger partial charge in [0, 0.05) is 5.41 Å². The van der Waals surface area contributed by atoms with E-state index >= 15 is 0 Å². The van der Waals surface area contributed by atoms with E-state index in [0.29, 0.717) is 0 Å². The molecule has 0 saturated carbocycles. The fourth-order valence-electron chi connectivity index (χ4n) is 3.68. The van der Waals surface area contributed by atoms with Crippen molar-refractivity contribution in [2.75, 3.05) is 0 Å². The molecule has 0 spiro atoms. The number of hydrogen-bond acceptors (Lipinski definition) is 0. The van der Waals surface area contributed by atoms with Gasteiger partial charge in [-0.15, -0.1) is 0 Å². The zero-order valence-electron chi connectivity index (χ0n) is 14.3. The highest BCUT2D eigenvalue weighted by Gasteiger charge is 2.32. The van der Waals surface area contributed by atoms with E-state index in [4.69, 9.17) is 0 Å². The molecule has 0 heterocycles. The second-order valence-corrected chi connectivity index (χ2v) is 6.69. The highest BCUT2D eigenvalue weighted by atomic mass is 14.4. The topological polar surface area (TPSA) is 0 Å². The minimum atomic E-state index is 0.0371. The molecule has 0 atom stereocenters. The van der Waals surface area contributed by atoms with Gasteiger partial charge in [0.15, 0.2) is 0 Å². The largest absolute Gasteiger partial charge is 0.0990 e. The van der Waals surface area contributed by atoms with E-state index in [-0.39, 0.29) is 5.41 Å². The molecule has 23 heavy (non-hydrogen) atoms. The third kappa shape index (κ3) is 2.70. The van der Waals surface area contributed by atoms with Gasteiger partial charge in [-0.05, 0) is 52.8 Å². The van der Waals surface area contributed by atoms with Gasteiger partial charge in [-0.2, -0.15) is 0 Å². The molecule has 116 valence electrons. The Kier molecular flexibility index (Phi) is 4.09. The van der Waals surface area contributed by atoms with Crippen LogP contribution in [0.2, 0.25) is 0 Å². The molecule has 0 amide bonds. The number of benzene rings is 2. The molecule has 0 unspecified atom stereocenters. The van der Waals surface area contributed by atoms with Gasteiger partial charge < -0.3 is 0 Å². The third-order valence-corrected chi connectivity index (χ3v) is 4.83. The summed E-state index contributed by atoms with van der Waals surface area (Å²) in [7, 11) is 0. The standard InChI is InChI=1S/C23H24/c1-5-9-17(10-6-2)18-13-14-20-15-19-11-7-8-12-21(19)23(3,4)22(20)16-18/h5-14,16H,1,15H2,2-4H3/b10-6-,17-9+. The van der Waals surface area contributed by atoms with Crippen LogP contribution < -0.4 is 0 Å². The predicted molar refractivity (Wildman–Crippen MR) is 101 cm³/mol. The molecule has 0 N–H and O–H groups in total. The lowest BCUT2D eigenvalue weighted by atomic mass is 9.68. The van der Waals surface area contributed by atoms with Crippen LogP contribution in [0.5, 0.6) is 0 Å². The van der Waals surface area contributed by atoms with Crippen molar-refractivity contribution in [3.05, 3.63) is 101 Å². The molecule has 1 aliphatic carbocycles. The summed E-state index contributed by atoms with van der Waals surface area (Å²) >= 11 is 0. The van der Waals surface area contributed by atoms with Crippen LogP contribution in [0.1, 0.15) is 48.6 Å². The third-order valence-electron chi connectivity index (χ3n) is 4.83. The first-order valence-corrected chi connectivity index (χ1v) is 8.25. The summed E-state index contributed by atoms with van der Waals surface area (Å²) in [6, 6.07) is 15.7. The molecular weight excluding hydrogens is 276 g/mol. The lowest BCUT2D eigenvalue weighted by molar-refractivity contribution is 0.610. The lowest BCUT2D eigenvalue weighted by Gasteiger charge is -2.35. The van der Waals surface area contributed by atoms with Crippen LogP contribution in [0.25, 0.3) is 5.57 Å². The summed E-state index contributed by atoms with van der Waals surface area (Å²) in [5.41, 5.74) is 8.28. The van der Waals surface area contributed by atoms with E-state index in [9.17, 15) is 0 Å². The number of rotatable bonds is 3. The SMILES string of the molecule is C=C/C=C(\C=C/C)c1ccc2c(c1)C(C)(C)c1ccccc1C2. The van der Waals surface area contributed by atoms with Crippen molar-refractivity contribution in [2.45, 2.75) is 32.6 Å². The van der Waals surface area contributed by atoms with E-state index in [1.807, 2.05) is 6.08 Å². The average molecular weight is 300 g/mol. The van der Waals surface area contributed by atoms with E-state index in [1.54, 1.807) is 0 Å². The smallest absolute Gasteiger partial charge is 0.0152 e. The Morgan fingerprint density at radius 1 is 1.04 bits per heavy atom. The quantitative estimate of drug-likeness (QED) is 0.604. The summed E-state index contributed by atoms with van der Waals surface area (Å²) < 4.78 is 0. The maximum Gasteiger partial charge on any atom is 0.0152 e. The van der Waals surface area contributed by atoms with Crippen LogP contribution in [0, 0.1) is 0 Å². The van der Waals surface area contributed by atoms with Gasteiger partial charge in [0.05, 0.1) is 0 Å². The van der Waals surface area contributed by atoms with E-state index in [2.05, 4.69) is 88.0 Å². The molecular formula is C23H24. The van der Waals surface area contributed by atoms with Crippen LogP contribution in [0.15, 0.2) is 73.3 Å². The van der Waals surface area contributed by atoms with E-state index < -0.39 is 0 Å². The fraction of sp³-hybridized carbons (Fsp3) is 0.217.